The molecule has 14 heteroatoms. The van der Waals surface area contributed by atoms with Crippen LogP contribution in [-0.2, 0) is 11.3 Å². The molecule has 1 unspecified atom stereocenters. The van der Waals surface area contributed by atoms with Crippen LogP contribution in [0.15, 0.2) is 51.5 Å². The molecule has 2 bridgehead atoms. The topological polar surface area (TPSA) is 107 Å². The van der Waals surface area contributed by atoms with Gasteiger partial charge < -0.3 is 28.5 Å². The van der Waals surface area contributed by atoms with E-state index in [0.717, 1.165) is 43.7 Å². The van der Waals surface area contributed by atoms with E-state index in [1.165, 1.54) is 41.7 Å². The minimum Gasteiger partial charge on any atom is -0.491 e. The Kier molecular flexibility index (Phi) is 6.75. The van der Waals surface area contributed by atoms with Crippen LogP contribution in [0, 0.1) is 5.82 Å². The maximum absolute atomic E-state index is 15.1. The molecule has 2 aliphatic heterocycles. The van der Waals surface area contributed by atoms with Crippen LogP contribution in [-0.4, -0.2) is 45.0 Å². The van der Waals surface area contributed by atoms with Gasteiger partial charge in [0.1, 0.15) is 22.7 Å². The monoisotopic (exact) mass is 642 g/mol. The molecule has 1 saturated carbocycles. The molecule has 45 heavy (non-hydrogen) atoms. The molecule has 3 fully saturated rings. The van der Waals surface area contributed by atoms with E-state index in [1.54, 1.807) is 12.1 Å². The molecule has 5 heterocycles. The third-order valence-electron chi connectivity index (χ3n) is 8.73. The number of piperidine rings is 1. The Morgan fingerprint density at radius 3 is 2.49 bits per heavy atom. The molecule has 9 nitrogen and oxygen atoms in total. The Hall–Kier alpha value is -4.17. The van der Waals surface area contributed by atoms with Gasteiger partial charge in [0, 0.05) is 40.8 Å². The van der Waals surface area contributed by atoms with Crippen molar-refractivity contribution in [3.8, 4) is 34.2 Å². The fourth-order valence-corrected chi connectivity index (χ4v) is 7.79. The van der Waals surface area contributed by atoms with Gasteiger partial charge in [-0.15, -0.1) is 13.2 Å². The number of fused-ring (bicyclic) bond motifs is 3. The Labute approximate surface area is 257 Å². The van der Waals surface area contributed by atoms with Gasteiger partial charge in [0.15, 0.2) is 16.7 Å². The highest BCUT2D eigenvalue weighted by molar-refractivity contribution is 7.22. The van der Waals surface area contributed by atoms with Crippen LogP contribution < -0.4 is 9.64 Å². The van der Waals surface area contributed by atoms with Gasteiger partial charge in [-0.25, -0.2) is 9.37 Å². The second kappa shape index (κ2) is 10.7. The maximum atomic E-state index is 15.1. The lowest BCUT2D eigenvalue weighted by atomic mass is 10.00. The van der Waals surface area contributed by atoms with Gasteiger partial charge in [-0.05, 0) is 67.9 Å². The first-order valence-electron chi connectivity index (χ1n) is 14.7. The summed E-state index contributed by atoms with van der Waals surface area (Å²) in [7, 11) is 0. The minimum atomic E-state index is -4.85. The lowest BCUT2D eigenvalue weighted by Gasteiger charge is -2.38. The quantitative estimate of drug-likeness (QED) is 0.169. The summed E-state index contributed by atoms with van der Waals surface area (Å²) in [5.41, 5.74) is 1.90. The number of benzene rings is 2. The van der Waals surface area contributed by atoms with Gasteiger partial charge >= 0.3 is 6.36 Å². The Bertz CT molecular complexity index is 1870. The number of hydrogen-bond acceptors (Lipinski definition) is 10. The van der Waals surface area contributed by atoms with Gasteiger partial charge in [-0.1, -0.05) is 28.6 Å². The molecule has 8 rings (SSSR count). The molecular weight excluding hydrogens is 616 g/mol. The zero-order valence-electron chi connectivity index (χ0n) is 23.6. The van der Waals surface area contributed by atoms with Gasteiger partial charge in [-0.2, -0.15) is 0 Å². The number of thiazole rings is 1. The summed E-state index contributed by atoms with van der Waals surface area (Å²) >= 11 is 1.41. The zero-order valence-corrected chi connectivity index (χ0v) is 24.4. The average molecular weight is 643 g/mol. The van der Waals surface area contributed by atoms with Crippen molar-refractivity contribution in [3.63, 3.8) is 0 Å². The lowest BCUT2D eigenvalue weighted by molar-refractivity contribution is -0.274. The van der Waals surface area contributed by atoms with Gasteiger partial charge in [0.2, 0.25) is 0 Å². The molecule has 3 aliphatic rings. The smallest absolute Gasteiger partial charge is 0.491 e. The van der Waals surface area contributed by atoms with Crippen LogP contribution in [0.2, 0.25) is 0 Å². The lowest BCUT2D eigenvalue weighted by Crippen LogP contribution is -2.45. The van der Waals surface area contributed by atoms with Crippen molar-refractivity contribution in [3.05, 3.63) is 59.6 Å². The highest BCUT2D eigenvalue weighted by atomic mass is 32.1. The molecule has 3 atom stereocenters. The number of aromatic hydroxyl groups is 1. The van der Waals surface area contributed by atoms with E-state index < -0.39 is 12.2 Å². The normalized spacial score (nSPS) is 21.6. The summed E-state index contributed by atoms with van der Waals surface area (Å²) in [4.78, 5) is 6.94. The van der Waals surface area contributed by atoms with E-state index >= 15 is 4.39 Å². The van der Waals surface area contributed by atoms with Crippen molar-refractivity contribution in [2.24, 2.45) is 0 Å². The van der Waals surface area contributed by atoms with Crippen molar-refractivity contribution in [2.45, 2.75) is 75.6 Å². The molecule has 0 spiro atoms. The molecule has 1 N–H and O–H groups in total. The van der Waals surface area contributed by atoms with Gasteiger partial charge in [0.05, 0.1) is 17.4 Å². The fourth-order valence-electron chi connectivity index (χ4n) is 6.62. The van der Waals surface area contributed by atoms with E-state index in [9.17, 15) is 18.3 Å². The number of alkyl halides is 3. The van der Waals surface area contributed by atoms with Gasteiger partial charge in [0.25, 0.3) is 5.88 Å². The fraction of sp³-hybridized carbons (Fsp3) is 0.387. The number of ether oxygens (including phenoxy) is 2. The maximum Gasteiger partial charge on any atom is 0.573 e. The van der Waals surface area contributed by atoms with Crippen molar-refractivity contribution in [2.75, 3.05) is 4.90 Å². The summed E-state index contributed by atoms with van der Waals surface area (Å²) in [6.07, 6.45) is 0.258. The average Bonchev–Trinajstić information content (AvgIpc) is 3.28. The van der Waals surface area contributed by atoms with Crippen molar-refractivity contribution >= 4 is 26.7 Å². The summed E-state index contributed by atoms with van der Waals surface area (Å²) in [5.74, 6) is -0.00638. The van der Waals surface area contributed by atoms with Crippen LogP contribution in [0.3, 0.4) is 0 Å². The number of hydrogen-bond donors (Lipinski definition) is 1. The molecule has 0 radical (unpaired) electrons. The third-order valence-corrected chi connectivity index (χ3v) is 9.74. The number of rotatable bonds is 8. The molecule has 2 saturated heterocycles. The molecule has 1 aliphatic carbocycles. The summed E-state index contributed by atoms with van der Waals surface area (Å²) in [5, 5.41) is 17.9. The Morgan fingerprint density at radius 2 is 1.78 bits per heavy atom. The number of anilines is 1. The van der Waals surface area contributed by atoms with Crippen LogP contribution >= 0.6 is 11.3 Å². The van der Waals surface area contributed by atoms with Crippen molar-refractivity contribution in [1.82, 2.24) is 15.3 Å². The Balaban J connectivity index is 1.01. The first-order chi connectivity index (χ1) is 21.7. The molecule has 234 valence electrons. The molecular formula is C31H26F4N4O5S. The van der Waals surface area contributed by atoms with Crippen molar-refractivity contribution < 1.29 is 41.2 Å². The summed E-state index contributed by atoms with van der Waals surface area (Å²) in [6, 6.07) is 10.6. The minimum absolute atomic E-state index is 0.0907. The van der Waals surface area contributed by atoms with Crippen LogP contribution in [0.25, 0.3) is 32.8 Å². The number of nitrogens with zero attached hydrogens (tertiary/aromatic N) is 4. The van der Waals surface area contributed by atoms with Gasteiger partial charge in [-0.3, -0.25) is 0 Å². The predicted molar refractivity (Wildman–Crippen MR) is 154 cm³/mol. The second-order valence-electron chi connectivity index (χ2n) is 11.7. The van der Waals surface area contributed by atoms with E-state index in [1.807, 2.05) is 0 Å². The van der Waals surface area contributed by atoms with E-state index in [-0.39, 0.29) is 59.2 Å². The standard InChI is InChI=1S/C31H26F4N4O5S/c32-22-9-16(24-13-26(40)37-43-24)10-25-28(22)36-30(45-25)39-17-7-8-18(39)12-19(11-17)41-14-21-27(38-44-29(21)15-5-6-15)20-3-1-2-4-23(20)42-31(33,34)35/h1-4,9-10,13,15,17-19H,5-8,11-12,14H2,(H,37,40)/t17-,18+,19?. The predicted octanol–water partition coefficient (Wildman–Crippen LogP) is 7.94. The van der Waals surface area contributed by atoms with Crippen LogP contribution in [0.4, 0.5) is 22.7 Å². The molecule has 0 amide bonds. The first-order valence-corrected chi connectivity index (χ1v) is 15.5. The van der Waals surface area contributed by atoms with E-state index in [2.05, 4.69) is 24.9 Å². The third kappa shape index (κ3) is 5.39. The molecule has 5 aromatic rings. The first kappa shape index (κ1) is 28.3. The molecule has 3 aromatic heterocycles. The SMILES string of the molecule is Oc1cc(-c2cc(F)c3nc(N4[C@@H]5CC[C@H]4CC(OCc4c(-c6ccccc6OC(F)(F)F)noc4C4CC4)C5)sc3c2)on1. The number of halogens is 4. The summed E-state index contributed by atoms with van der Waals surface area (Å²) in [6.45, 7) is 0.154. The van der Waals surface area contributed by atoms with Crippen LogP contribution in [0.5, 0.6) is 11.6 Å². The molecule has 2 aromatic carbocycles. The van der Waals surface area contributed by atoms with Crippen LogP contribution in [0.1, 0.15) is 55.8 Å². The number of aromatic nitrogens is 3. The highest BCUT2D eigenvalue weighted by Gasteiger charge is 2.43. The van der Waals surface area contributed by atoms with E-state index in [4.69, 9.17) is 13.8 Å². The van der Waals surface area contributed by atoms with Crippen molar-refractivity contribution in [1.29, 1.82) is 0 Å². The van der Waals surface area contributed by atoms with E-state index in [0.29, 0.717) is 27.3 Å². The Morgan fingerprint density at radius 1 is 1.00 bits per heavy atom. The highest BCUT2D eigenvalue weighted by Crippen LogP contribution is 2.47. The number of para-hydroxylation sites is 1. The zero-order chi connectivity index (χ0) is 30.9. The largest absolute Gasteiger partial charge is 0.573 e. The summed E-state index contributed by atoms with van der Waals surface area (Å²) < 4.78 is 76.7. The second-order valence-corrected chi connectivity index (χ2v) is 12.7.